The fourth-order valence-corrected chi connectivity index (χ4v) is 1.96. The van der Waals surface area contributed by atoms with Crippen LogP contribution in [0.3, 0.4) is 0 Å². The van der Waals surface area contributed by atoms with Crippen molar-refractivity contribution in [2.24, 2.45) is 0 Å². The first-order valence-corrected chi connectivity index (χ1v) is 7.61. The molecule has 1 amide bonds. The maximum Gasteiger partial charge on any atom is 0.454 e. The number of alkyl halides is 3. The van der Waals surface area contributed by atoms with Gasteiger partial charge in [0, 0.05) is 18.7 Å². The number of benzene rings is 1. The molecule has 0 radical (unpaired) electrons. The first-order chi connectivity index (χ1) is 12.1. The van der Waals surface area contributed by atoms with Gasteiger partial charge in [-0.3, -0.25) is 9.59 Å². The lowest BCUT2D eigenvalue weighted by Crippen LogP contribution is -2.49. The van der Waals surface area contributed by atoms with Gasteiger partial charge in [-0.25, -0.2) is 4.79 Å². The molecule has 1 aromatic carbocycles. The van der Waals surface area contributed by atoms with Crippen molar-refractivity contribution in [1.29, 1.82) is 0 Å². The molecule has 1 aromatic rings. The minimum atomic E-state index is -4.99. The minimum absolute atomic E-state index is 0.130. The van der Waals surface area contributed by atoms with Crippen molar-refractivity contribution in [2.45, 2.75) is 31.6 Å². The second-order valence-corrected chi connectivity index (χ2v) is 5.36. The van der Waals surface area contributed by atoms with Gasteiger partial charge in [-0.1, -0.05) is 30.3 Å². The first kappa shape index (κ1) is 21.2. The number of hydrogen-bond acceptors (Lipinski definition) is 5. The summed E-state index contributed by atoms with van der Waals surface area (Å²) in [6.07, 6.45) is -3.79. The van der Waals surface area contributed by atoms with Gasteiger partial charge in [0.25, 0.3) is 5.78 Å². The Hall–Kier alpha value is -2.84. The van der Waals surface area contributed by atoms with E-state index in [2.05, 4.69) is 15.4 Å². The van der Waals surface area contributed by atoms with E-state index in [1.54, 1.807) is 30.3 Å². The highest BCUT2D eigenvalue weighted by Gasteiger charge is 2.36. The summed E-state index contributed by atoms with van der Waals surface area (Å²) in [7, 11) is 1.16. The summed E-state index contributed by atoms with van der Waals surface area (Å²) in [5.74, 6) is -3.35. The molecule has 0 aliphatic heterocycles. The second kappa shape index (κ2) is 9.59. The quantitative estimate of drug-likeness (QED) is 0.534. The lowest BCUT2D eigenvalue weighted by Gasteiger charge is -2.19. The van der Waals surface area contributed by atoms with Crippen LogP contribution in [-0.4, -0.2) is 43.0 Å². The predicted molar refractivity (Wildman–Crippen MR) is 86.9 cm³/mol. The minimum Gasteiger partial charge on any atom is -0.467 e. The number of esters is 1. The number of ketones is 1. The van der Waals surface area contributed by atoms with Gasteiger partial charge in [0.2, 0.25) is 5.91 Å². The van der Waals surface area contributed by atoms with Crippen molar-refractivity contribution in [2.75, 3.05) is 7.11 Å². The molecule has 6 nitrogen and oxygen atoms in total. The third-order valence-electron chi connectivity index (χ3n) is 3.32. The van der Waals surface area contributed by atoms with Gasteiger partial charge in [0.15, 0.2) is 0 Å². The molecule has 0 saturated carbocycles. The molecule has 26 heavy (non-hydrogen) atoms. The maximum atomic E-state index is 12.3. The van der Waals surface area contributed by atoms with E-state index in [9.17, 15) is 27.6 Å². The summed E-state index contributed by atoms with van der Waals surface area (Å²) in [4.78, 5) is 34.6. The second-order valence-electron chi connectivity index (χ2n) is 5.36. The summed E-state index contributed by atoms with van der Waals surface area (Å²) in [5.41, 5.74) is 0.737. The highest BCUT2D eigenvalue weighted by molar-refractivity contribution is 5.94. The van der Waals surface area contributed by atoms with Gasteiger partial charge in [-0.15, -0.1) is 0 Å². The van der Waals surface area contributed by atoms with Crippen LogP contribution in [0.5, 0.6) is 0 Å². The molecule has 0 heterocycles. The van der Waals surface area contributed by atoms with Crippen molar-refractivity contribution in [3.63, 3.8) is 0 Å². The fraction of sp³-hybridized carbons (Fsp3) is 0.353. The molecule has 0 saturated heterocycles. The molecule has 2 atom stereocenters. The van der Waals surface area contributed by atoms with E-state index in [-0.39, 0.29) is 6.42 Å². The molecule has 142 valence electrons. The van der Waals surface area contributed by atoms with Gasteiger partial charge in [0.1, 0.15) is 12.1 Å². The Bertz CT molecular complexity index is 660. The van der Waals surface area contributed by atoms with Crippen LogP contribution in [0.25, 0.3) is 0 Å². The molecule has 2 N–H and O–H groups in total. The zero-order valence-corrected chi connectivity index (χ0v) is 14.2. The van der Waals surface area contributed by atoms with Crippen LogP contribution in [0.15, 0.2) is 42.6 Å². The molecule has 0 unspecified atom stereocenters. The number of ether oxygens (including phenoxy) is 1. The van der Waals surface area contributed by atoms with Crippen LogP contribution in [0.4, 0.5) is 13.2 Å². The van der Waals surface area contributed by atoms with Crippen molar-refractivity contribution in [3.05, 3.63) is 48.2 Å². The topological polar surface area (TPSA) is 84.5 Å². The summed E-state index contributed by atoms with van der Waals surface area (Å²) in [5, 5.41) is 4.87. The number of carbonyl (C=O) groups is 3. The largest absolute Gasteiger partial charge is 0.467 e. The molecular weight excluding hydrogens is 353 g/mol. The van der Waals surface area contributed by atoms with Crippen LogP contribution < -0.4 is 10.6 Å². The van der Waals surface area contributed by atoms with Gasteiger partial charge >= 0.3 is 12.1 Å². The maximum absolute atomic E-state index is 12.3. The predicted octanol–water partition coefficient (Wildman–Crippen LogP) is 1.51. The van der Waals surface area contributed by atoms with E-state index in [0.29, 0.717) is 6.08 Å². The number of hydrogen-bond donors (Lipinski definition) is 2. The van der Waals surface area contributed by atoms with E-state index in [1.807, 2.05) is 0 Å². The van der Waals surface area contributed by atoms with Crippen molar-refractivity contribution in [3.8, 4) is 0 Å². The van der Waals surface area contributed by atoms with Gasteiger partial charge in [-0.05, 0) is 12.5 Å². The number of methoxy groups -OCH3 is 1. The van der Waals surface area contributed by atoms with E-state index < -0.39 is 35.9 Å². The highest BCUT2D eigenvalue weighted by atomic mass is 19.4. The lowest BCUT2D eigenvalue weighted by atomic mass is 10.1. The van der Waals surface area contributed by atoms with Crippen LogP contribution in [-0.2, 0) is 25.5 Å². The third kappa shape index (κ3) is 6.96. The Kier molecular flexibility index (Phi) is 7.82. The number of carbonyl (C=O) groups excluding carboxylic acids is 3. The zero-order chi connectivity index (χ0) is 19.7. The molecule has 0 spiro atoms. The third-order valence-corrected chi connectivity index (χ3v) is 3.32. The molecule has 0 aliphatic carbocycles. The smallest absolute Gasteiger partial charge is 0.454 e. The first-order valence-electron chi connectivity index (χ1n) is 7.61. The van der Waals surface area contributed by atoms with Crippen molar-refractivity contribution >= 4 is 17.7 Å². The number of allylic oxidation sites excluding steroid dienone is 1. The van der Waals surface area contributed by atoms with Gasteiger partial charge < -0.3 is 15.4 Å². The van der Waals surface area contributed by atoms with E-state index in [0.717, 1.165) is 18.9 Å². The number of amides is 1. The molecule has 0 aromatic heterocycles. The van der Waals surface area contributed by atoms with Crippen LogP contribution in [0.2, 0.25) is 0 Å². The lowest BCUT2D eigenvalue weighted by molar-refractivity contribution is -0.165. The monoisotopic (exact) mass is 372 g/mol. The summed E-state index contributed by atoms with van der Waals surface area (Å²) < 4.78 is 41.2. The Balaban J connectivity index is 2.85. The van der Waals surface area contributed by atoms with Crippen molar-refractivity contribution < 1.29 is 32.3 Å². The van der Waals surface area contributed by atoms with Crippen molar-refractivity contribution in [1.82, 2.24) is 10.6 Å². The van der Waals surface area contributed by atoms with E-state index in [4.69, 9.17) is 0 Å². The SMILES string of the molecule is COC(=O)[C@@H](C)NC(=O)[C@@H](Cc1ccccc1)N/C=C/C(=O)C(F)(F)F. The average molecular weight is 372 g/mol. The van der Waals surface area contributed by atoms with Gasteiger partial charge in [0.05, 0.1) is 7.11 Å². The number of halogens is 3. The Morgan fingerprint density at radius 3 is 2.35 bits per heavy atom. The molecule has 0 fully saturated rings. The molecule has 1 rings (SSSR count). The fourth-order valence-electron chi connectivity index (χ4n) is 1.96. The average Bonchev–Trinajstić information content (AvgIpc) is 2.59. The summed E-state index contributed by atoms with van der Waals surface area (Å²) >= 11 is 0. The summed E-state index contributed by atoms with van der Waals surface area (Å²) in [6.45, 7) is 1.41. The molecule has 0 bridgehead atoms. The Morgan fingerprint density at radius 1 is 1.19 bits per heavy atom. The van der Waals surface area contributed by atoms with E-state index >= 15 is 0 Å². The number of nitrogens with one attached hydrogen (secondary N) is 2. The normalized spacial score (nSPS) is 13.7. The number of rotatable bonds is 8. The van der Waals surface area contributed by atoms with Crippen LogP contribution in [0.1, 0.15) is 12.5 Å². The highest BCUT2D eigenvalue weighted by Crippen LogP contribution is 2.16. The van der Waals surface area contributed by atoms with E-state index in [1.165, 1.54) is 6.92 Å². The van der Waals surface area contributed by atoms with Gasteiger partial charge in [-0.2, -0.15) is 13.2 Å². The zero-order valence-electron chi connectivity index (χ0n) is 14.2. The van der Waals surface area contributed by atoms with Crippen LogP contribution in [0, 0.1) is 0 Å². The Labute approximate surface area is 148 Å². The molecular formula is C17H19F3N2O4. The Morgan fingerprint density at radius 2 is 1.81 bits per heavy atom. The standard InChI is InChI=1S/C17H19F3N2O4/c1-11(16(25)26-2)22-15(24)13(10-12-6-4-3-5-7-12)21-9-8-14(23)17(18,19)20/h3-9,11,13,21H,10H2,1-2H3,(H,22,24)/b9-8+/t11-,13-/m1/s1. The molecule has 0 aliphatic rings. The van der Waals surface area contributed by atoms with Crippen LogP contribution >= 0.6 is 0 Å². The molecule has 9 heteroatoms. The summed E-state index contributed by atoms with van der Waals surface area (Å²) in [6, 6.07) is 6.78.